The fraction of sp³-hybridized carbons (Fsp3) is 0.444. The molecule has 1 amide bonds. The molecule has 1 aromatic heterocycles. The third-order valence-corrected chi connectivity index (χ3v) is 4.29. The number of nitrogens with one attached hydrogen (secondary N) is 1. The zero-order chi connectivity index (χ0) is 16.9. The molecule has 2 aromatic rings. The average Bonchev–Trinajstić information content (AvgIpc) is 3.08. The van der Waals surface area contributed by atoms with Crippen molar-refractivity contribution in [2.75, 3.05) is 5.32 Å². The molecule has 2 atom stereocenters. The zero-order valence-electron chi connectivity index (χ0n) is 13.8. The van der Waals surface area contributed by atoms with E-state index in [1.54, 1.807) is 29.2 Å². The third kappa shape index (κ3) is 3.94. The van der Waals surface area contributed by atoms with E-state index in [1.807, 2.05) is 19.1 Å². The molecule has 1 aromatic carbocycles. The number of aliphatic hydroxyl groups is 1. The van der Waals surface area contributed by atoms with Crippen molar-refractivity contribution in [2.45, 2.75) is 51.4 Å². The molecule has 1 saturated carbocycles. The lowest BCUT2D eigenvalue weighted by atomic mass is 9.95. The second kappa shape index (κ2) is 7.49. The standard InChI is InChI=1S/C18H23N3O3/c1-2-21-12-13(11-19-21)18(23)20-14-7-9-15(10-8-14)24-17-6-4-3-5-16(17)22/h7-12,16-17,22H,2-6H2,1H3,(H,20,23). The van der Waals surface area contributed by atoms with Gasteiger partial charge in [-0.25, -0.2) is 0 Å². The number of hydrogen-bond acceptors (Lipinski definition) is 4. The van der Waals surface area contributed by atoms with Gasteiger partial charge in [0, 0.05) is 18.4 Å². The molecule has 0 saturated heterocycles. The molecule has 24 heavy (non-hydrogen) atoms. The van der Waals surface area contributed by atoms with Crippen LogP contribution in [0.3, 0.4) is 0 Å². The maximum absolute atomic E-state index is 12.2. The summed E-state index contributed by atoms with van der Waals surface area (Å²) in [6.45, 7) is 2.70. The monoisotopic (exact) mass is 329 g/mol. The topological polar surface area (TPSA) is 76.4 Å². The number of carbonyl (C=O) groups is 1. The van der Waals surface area contributed by atoms with Crippen molar-refractivity contribution in [3.8, 4) is 5.75 Å². The van der Waals surface area contributed by atoms with Gasteiger partial charge in [0.2, 0.25) is 0 Å². The summed E-state index contributed by atoms with van der Waals surface area (Å²) < 4.78 is 7.56. The summed E-state index contributed by atoms with van der Waals surface area (Å²) in [5, 5.41) is 16.9. The van der Waals surface area contributed by atoms with Crippen LogP contribution < -0.4 is 10.1 Å². The van der Waals surface area contributed by atoms with Gasteiger partial charge in [0.25, 0.3) is 5.91 Å². The van der Waals surface area contributed by atoms with E-state index >= 15 is 0 Å². The molecule has 1 heterocycles. The minimum atomic E-state index is -0.395. The second-order valence-electron chi connectivity index (χ2n) is 6.07. The van der Waals surface area contributed by atoms with Crippen molar-refractivity contribution in [1.82, 2.24) is 9.78 Å². The highest BCUT2D eigenvalue weighted by molar-refractivity contribution is 6.03. The average molecular weight is 329 g/mol. The van der Waals surface area contributed by atoms with Crippen LogP contribution in [0.15, 0.2) is 36.7 Å². The van der Waals surface area contributed by atoms with Gasteiger partial charge in [-0.05, 0) is 50.5 Å². The van der Waals surface area contributed by atoms with E-state index in [0.717, 1.165) is 32.2 Å². The first-order valence-corrected chi connectivity index (χ1v) is 8.44. The van der Waals surface area contributed by atoms with E-state index in [4.69, 9.17) is 4.74 Å². The lowest BCUT2D eigenvalue weighted by Gasteiger charge is -2.28. The van der Waals surface area contributed by atoms with E-state index < -0.39 is 6.10 Å². The van der Waals surface area contributed by atoms with Crippen LogP contribution in [0.5, 0.6) is 5.75 Å². The number of ether oxygens (including phenoxy) is 1. The molecule has 2 N–H and O–H groups in total. The minimum Gasteiger partial charge on any atom is -0.488 e. The predicted octanol–water partition coefficient (Wildman–Crippen LogP) is 2.84. The molecule has 1 aliphatic rings. The van der Waals surface area contributed by atoms with Crippen molar-refractivity contribution in [3.05, 3.63) is 42.2 Å². The number of aromatic nitrogens is 2. The Kier molecular flexibility index (Phi) is 5.15. The Hall–Kier alpha value is -2.34. The van der Waals surface area contributed by atoms with E-state index in [0.29, 0.717) is 17.0 Å². The Labute approximate surface area is 141 Å². The number of rotatable bonds is 5. The normalized spacial score (nSPS) is 20.6. The molecule has 0 bridgehead atoms. The molecule has 2 unspecified atom stereocenters. The lowest BCUT2D eigenvalue weighted by Crippen LogP contribution is -2.34. The highest BCUT2D eigenvalue weighted by Crippen LogP contribution is 2.25. The van der Waals surface area contributed by atoms with Crippen LogP contribution in [0.1, 0.15) is 43.0 Å². The fourth-order valence-corrected chi connectivity index (χ4v) is 2.86. The zero-order valence-corrected chi connectivity index (χ0v) is 13.8. The molecule has 1 fully saturated rings. The number of carbonyl (C=O) groups excluding carboxylic acids is 1. The number of hydrogen-bond donors (Lipinski definition) is 2. The number of aliphatic hydroxyl groups excluding tert-OH is 1. The Morgan fingerprint density at radius 3 is 2.75 bits per heavy atom. The van der Waals surface area contributed by atoms with Crippen LogP contribution in [-0.4, -0.2) is 33.0 Å². The molecule has 128 valence electrons. The summed E-state index contributed by atoms with van der Waals surface area (Å²) in [6.07, 6.45) is 6.55. The van der Waals surface area contributed by atoms with E-state index in [1.165, 1.54) is 0 Å². The summed E-state index contributed by atoms with van der Waals surface area (Å²) in [4.78, 5) is 12.2. The van der Waals surface area contributed by atoms with Crippen LogP contribution in [0.2, 0.25) is 0 Å². The van der Waals surface area contributed by atoms with Crippen LogP contribution in [0.25, 0.3) is 0 Å². The third-order valence-electron chi connectivity index (χ3n) is 4.29. The van der Waals surface area contributed by atoms with Gasteiger partial charge < -0.3 is 15.2 Å². The van der Waals surface area contributed by atoms with Crippen LogP contribution in [0, 0.1) is 0 Å². The largest absolute Gasteiger partial charge is 0.488 e. The van der Waals surface area contributed by atoms with Crippen molar-refractivity contribution in [2.24, 2.45) is 0 Å². The number of anilines is 1. The molecule has 6 nitrogen and oxygen atoms in total. The number of nitrogens with zero attached hydrogens (tertiary/aromatic N) is 2. The van der Waals surface area contributed by atoms with E-state index in [-0.39, 0.29) is 12.0 Å². The molecule has 6 heteroatoms. The lowest BCUT2D eigenvalue weighted by molar-refractivity contribution is 0.00688. The molecule has 0 aliphatic heterocycles. The molecule has 0 spiro atoms. The van der Waals surface area contributed by atoms with E-state index in [2.05, 4.69) is 10.4 Å². The Balaban J connectivity index is 1.58. The summed E-state index contributed by atoms with van der Waals surface area (Å²) in [5.74, 6) is 0.517. The molecule has 0 radical (unpaired) electrons. The van der Waals surface area contributed by atoms with Gasteiger partial charge >= 0.3 is 0 Å². The highest BCUT2D eigenvalue weighted by Gasteiger charge is 2.24. The van der Waals surface area contributed by atoms with Gasteiger partial charge in [-0.3, -0.25) is 9.48 Å². The first kappa shape index (κ1) is 16.5. The SMILES string of the molecule is CCn1cc(C(=O)Nc2ccc(OC3CCCCC3O)cc2)cn1. The quantitative estimate of drug-likeness (QED) is 0.884. The first-order chi connectivity index (χ1) is 11.7. The van der Waals surface area contributed by atoms with Gasteiger partial charge in [0.15, 0.2) is 0 Å². The Morgan fingerprint density at radius 1 is 1.33 bits per heavy atom. The van der Waals surface area contributed by atoms with Crippen molar-refractivity contribution in [3.63, 3.8) is 0 Å². The van der Waals surface area contributed by atoms with Gasteiger partial charge in [0.1, 0.15) is 11.9 Å². The number of aryl methyl sites for hydroxylation is 1. The Morgan fingerprint density at radius 2 is 2.08 bits per heavy atom. The van der Waals surface area contributed by atoms with Crippen LogP contribution >= 0.6 is 0 Å². The van der Waals surface area contributed by atoms with Gasteiger partial charge in [-0.2, -0.15) is 5.10 Å². The van der Waals surface area contributed by atoms with Crippen molar-refractivity contribution >= 4 is 11.6 Å². The van der Waals surface area contributed by atoms with E-state index in [9.17, 15) is 9.90 Å². The maximum Gasteiger partial charge on any atom is 0.258 e. The van der Waals surface area contributed by atoms with Gasteiger partial charge in [-0.15, -0.1) is 0 Å². The van der Waals surface area contributed by atoms with Gasteiger partial charge in [-0.1, -0.05) is 6.42 Å². The predicted molar refractivity (Wildman–Crippen MR) is 91.2 cm³/mol. The summed E-state index contributed by atoms with van der Waals surface area (Å²) in [6, 6.07) is 7.22. The molecular formula is C18H23N3O3. The number of amides is 1. The summed E-state index contributed by atoms with van der Waals surface area (Å²) >= 11 is 0. The van der Waals surface area contributed by atoms with Crippen molar-refractivity contribution < 1.29 is 14.6 Å². The molecular weight excluding hydrogens is 306 g/mol. The first-order valence-electron chi connectivity index (χ1n) is 8.44. The highest BCUT2D eigenvalue weighted by atomic mass is 16.5. The summed E-state index contributed by atoms with van der Waals surface area (Å²) in [7, 11) is 0. The summed E-state index contributed by atoms with van der Waals surface area (Å²) in [5.41, 5.74) is 1.23. The fourth-order valence-electron chi connectivity index (χ4n) is 2.86. The van der Waals surface area contributed by atoms with Crippen LogP contribution in [0.4, 0.5) is 5.69 Å². The maximum atomic E-state index is 12.2. The second-order valence-corrected chi connectivity index (χ2v) is 6.07. The number of benzene rings is 1. The van der Waals surface area contributed by atoms with Crippen molar-refractivity contribution in [1.29, 1.82) is 0 Å². The smallest absolute Gasteiger partial charge is 0.258 e. The Bertz CT molecular complexity index is 681. The molecule has 1 aliphatic carbocycles. The van der Waals surface area contributed by atoms with Crippen LogP contribution in [-0.2, 0) is 6.54 Å². The minimum absolute atomic E-state index is 0.140. The van der Waals surface area contributed by atoms with Gasteiger partial charge in [0.05, 0.1) is 17.9 Å². The molecule has 3 rings (SSSR count).